The van der Waals surface area contributed by atoms with Gasteiger partial charge in [0.15, 0.2) is 0 Å². The van der Waals surface area contributed by atoms with Crippen molar-refractivity contribution in [2.24, 2.45) is 4.99 Å². The number of rotatable bonds is 1. The third-order valence-corrected chi connectivity index (χ3v) is 1.63. The summed E-state index contributed by atoms with van der Waals surface area (Å²) in [6.45, 7) is 3.47. The first kappa shape index (κ1) is 6.09. The predicted molar refractivity (Wildman–Crippen MR) is 45.3 cm³/mol. The summed E-state index contributed by atoms with van der Waals surface area (Å²) in [7, 11) is 0. The van der Waals surface area contributed by atoms with Gasteiger partial charge in [-0.15, -0.1) is 0 Å². The SMILES string of the molecule is C=Nc1cccc2[nH]ncc12. The van der Waals surface area contributed by atoms with Gasteiger partial charge in [-0.3, -0.25) is 10.1 Å². The molecule has 54 valence electrons. The second-order valence-corrected chi connectivity index (χ2v) is 2.27. The van der Waals surface area contributed by atoms with Gasteiger partial charge in [-0.2, -0.15) is 5.10 Å². The van der Waals surface area contributed by atoms with Crippen molar-refractivity contribution in [1.29, 1.82) is 0 Å². The van der Waals surface area contributed by atoms with E-state index in [0.29, 0.717) is 0 Å². The molecule has 0 bridgehead atoms. The Hall–Kier alpha value is -1.64. The van der Waals surface area contributed by atoms with E-state index in [1.165, 1.54) is 0 Å². The molecule has 0 aliphatic carbocycles. The molecule has 1 aromatic carbocycles. The molecule has 3 heteroatoms. The van der Waals surface area contributed by atoms with Crippen molar-refractivity contribution in [2.75, 3.05) is 0 Å². The van der Waals surface area contributed by atoms with Crippen LogP contribution >= 0.6 is 0 Å². The highest BCUT2D eigenvalue weighted by atomic mass is 15.1. The van der Waals surface area contributed by atoms with Gasteiger partial charge in [-0.1, -0.05) is 6.07 Å². The molecule has 0 spiro atoms. The molecule has 0 aliphatic rings. The fourth-order valence-corrected chi connectivity index (χ4v) is 1.09. The van der Waals surface area contributed by atoms with Crippen LogP contribution in [0.1, 0.15) is 0 Å². The molecule has 0 unspecified atom stereocenters. The molecule has 0 radical (unpaired) electrons. The summed E-state index contributed by atoms with van der Waals surface area (Å²) in [5, 5.41) is 7.77. The van der Waals surface area contributed by atoms with Gasteiger partial charge in [-0.25, -0.2) is 0 Å². The van der Waals surface area contributed by atoms with Crippen molar-refractivity contribution in [1.82, 2.24) is 10.2 Å². The van der Waals surface area contributed by atoms with Crippen LogP contribution in [0.25, 0.3) is 10.9 Å². The van der Waals surface area contributed by atoms with E-state index in [1.54, 1.807) is 6.20 Å². The predicted octanol–water partition coefficient (Wildman–Crippen LogP) is 1.89. The summed E-state index contributed by atoms with van der Waals surface area (Å²) < 4.78 is 0. The molecular weight excluding hydrogens is 138 g/mol. The van der Waals surface area contributed by atoms with E-state index in [9.17, 15) is 0 Å². The minimum atomic E-state index is 0.872. The molecule has 2 rings (SSSR count). The summed E-state index contributed by atoms with van der Waals surface area (Å²) in [5.74, 6) is 0. The molecule has 0 amide bonds. The average Bonchev–Trinajstić information content (AvgIpc) is 2.50. The number of benzene rings is 1. The standard InChI is InChI=1S/C8H7N3/c1-9-7-3-2-4-8-6(7)5-10-11-8/h2-5H,1H2,(H,10,11). The molecule has 0 aliphatic heterocycles. The minimum absolute atomic E-state index is 0.872. The fourth-order valence-electron chi connectivity index (χ4n) is 1.09. The summed E-state index contributed by atoms with van der Waals surface area (Å²) in [6.07, 6.45) is 1.75. The highest BCUT2D eigenvalue weighted by molar-refractivity contribution is 5.89. The number of fused-ring (bicyclic) bond motifs is 1. The van der Waals surface area contributed by atoms with Crippen molar-refractivity contribution < 1.29 is 0 Å². The first-order chi connectivity index (χ1) is 5.42. The van der Waals surface area contributed by atoms with Gasteiger partial charge in [0, 0.05) is 5.39 Å². The van der Waals surface area contributed by atoms with Crippen LogP contribution in [0, 0.1) is 0 Å². The maximum absolute atomic E-state index is 3.90. The molecule has 1 aromatic heterocycles. The van der Waals surface area contributed by atoms with Gasteiger partial charge in [0.2, 0.25) is 0 Å². The lowest BCUT2D eigenvalue weighted by molar-refractivity contribution is 1.12. The van der Waals surface area contributed by atoms with Crippen molar-refractivity contribution in [3.8, 4) is 0 Å². The van der Waals surface area contributed by atoms with E-state index in [0.717, 1.165) is 16.6 Å². The van der Waals surface area contributed by atoms with Crippen molar-refractivity contribution in [3.05, 3.63) is 24.4 Å². The number of aliphatic imine (C=N–C) groups is 1. The summed E-state index contributed by atoms with van der Waals surface area (Å²) >= 11 is 0. The van der Waals surface area contributed by atoms with E-state index in [-0.39, 0.29) is 0 Å². The molecule has 0 atom stereocenters. The quantitative estimate of drug-likeness (QED) is 0.611. The molecule has 11 heavy (non-hydrogen) atoms. The average molecular weight is 145 g/mol. The lowest BCUT2D eigenvalue weighted by Crippen LogP contribution is -1.67. The van der Waals surface area contributed by atoms with Crippen molar-refractivity contribution >= 4 is 23.3 Å². The largest absolute Gasteiger partial charge is 0.278 e. The smallest absolute Gasteiger partial charge is 0.0732 e. The third kappa shape index (κ3) is 0.816. The van der Waals surface area contributed by atoms with Gasteiger partial charge in [0.25, 0.3) is 0 Å². The zero-order valence-electron chi connectivity index (χ0n) is 5.91. The summed E-state index contributed by atoms with van der Waals surface area (Å²) in [6, 6.07) is 5.78. The topological polar surface area (TPSA) is 41.0 Å². The van der Waals surface area contributed by atoms with Crippen LogP contribution in [0.2, 0.25) is 0 Å². The maximum Gasteiger partial charge on any atom is 0.0732 e. The van der Waals surface area contributed by atoms with E-state index >= 15 is 0 Å². The van der Waals surface area contributed by atoms with E-state index in [2.05, 4.69) is 21.9 Å². The second kappa shape index (κ2) is 2.20. The Bertz CT molecular complexity index is 389. The number of hydrogen-bond donors (Lipinski definition) is 1. The Balaban J connectivity index is 2.88. The maximum atomic E-state index is 3.90. The number of aromatic amines is 1. The van der Waals surface area contributed by atoms with E-state index < -0.39 is 0 Å². The van der Waals surface area contributed by atoms with Crippen LogP contribution < -0.4 is 0 Å². The highest BCUT2D eigenvalue weighted by Gasteiger charge is 1.97. The molecule has 3 nitrogen and oxygen atoms in total. The summed E-state index contributed by atoms with van der Waals surface area (Å²) in [5.41, 5.74) is 1.87. The second-order valence-electron chi connectivity index (χ2n) is 2.27. The van der Waals surface area contributed by atoms with Gasteiger partial charge < -0.3 is 0 Å². The minimum Gasteiger partial charge on any atom is -0.278 e. The first-order valence-corrected chi connectivity index (χ1v) is 3.30. The zero-order valence-corrected chi connectivity index (χ0v) is 5.91. The Morgan fingerprint density at radius 2 is 2.36 bits per heavy atom. The Morgan fingerprint density at radius 1 is 1.45 bits per heavy atom. The molecule has 1 N–H and O–H groups in total. The Morgan fingerprint density at radius 3 is 3.18 bits per heavy atom. The third-order valence-electron chi connectivity index (χ3n) is 1.63. The molecule has 0 saturated carbocycles. The first-order valence-electron chi connectivity index (χ1n) is 3.30. The van der Waals surface area contributed by atoms with Crippen LogP contribution in [-0.4, -0.2) is 16.9 Å². The van der Waals surface area contributed by atoms with Crippen LogP contribution in [0.15, 0.2) is 29.4 Å². The molecule has 0 saturated heterocycles. The van der Waals surface area contributed by atoms with E-state index in [4.69, 9.17) is 0 Å². The van der Waals surface area contributed by atoms with Crippen LogP contribution in [0.4, 0.5) is 5.69 Å². The number of nitrogens with one attached hydrogen (secondary N) is 1. The highest BCUT2D eigenvalue weighted by Crippen LogP contribution is 2.22. The van der Waals surface area contributed by atoms with Gasteiger partial charge in [0.1, 0.15) is 0 Å². The van der Waals surface area contributed by atoms with Gasteiger partial charge in [0.05, 0.1) is 17.4 Å². The lowest BCUT2D eigenvalue weighted by Gasteiger charge is -1.91. The zero-order chi connectivity index (χ0) is 7.68. The van der Waals surface area contributed by atoms with Crippen LogP contribution in [0.5, 0.6) is 0 Å². The molecule has 2 aromatic rings. The molecule has 0 fully saturated rings. The monoisotopic (exact) mass is 145 g/mol. The lowest BCUT2D eigenvalue weighted by atomic mass is 10.2. The number of H-pyrrole nitrogens is 1. The van der Waals surface area contributed by atoms with Gasteiger partial charge >= 0.3 is 0 Å². The Labute approximate surface area is 63.8 Å². The number of aromatic nitrogens is 2. The molecule has 1 heterocycles. The molecular formula is C8H7N3. The van der Waals surface area contributed by atoms with Crippen LogP contribution in [0.3, 0.4) is 0 Å². The van der Waals surface area contributed by atoms with Crippen molar-refractivity contribution in [2.45, 2.75) is 0 Å². The van der Waals surface area contributed by atoms with Crippen LogP contribution in [-0.2, 0) is 0 Å². The van der Waals surface area contributed by atoms with E-state index in [1.807, 2.05) is 18.2 Å². The summed E-state index contributed by atoms with van der Waals surface area (Å²) in [4.78, 5) is 3.86. The van der Waals surface area contributed by atoms with Crippen molar-refractivity contribution in [3.63, 3.8) is 0 Å². The number of hydrogen-bond acceptors (Lipinski definition) is 2. The normalized spacial score (nSPS) is 10.2. The Kier molecular flexibility index (Phi) is 1.22. The fraction of sp³-hybridized carbons (Fsp3) is 0. The number of nitrogens with zero attached hydrogens (tertiary/aromatic N) is 2. The van der Waals surface area contributed by atoms with Gasteiger partial charge in [-0.05, 0) is 18.9 Å².